The number of aryl methyl sites for hydroxylation is 2. The monoisotopic (exact) mass is 186 g/mol. The SMILES string of the molecule is CCCc1ccc(C)c(F)c1Cl. The summed E-state index contributed by atoms with van der Waals surface area (Å²) in [7, 11) is 0. The molecule has 0 unspecified atom stereocenters. The van der Waals surface area contributed by atoms with Crippen LogP contribution in [0.25, 0.3) is 0 Å². The Morgan fingerprint density at radius 2 is 2.08 bits per heavy atom. The van der Waals surface area contributed by atoms with Gasteiger partial charge in [0.2, 0.25) is 0 Å². The Morgan fingerprint density at radius 3 is 2.67 bits per heavy atom. The molecule has 0 N–H and O–H groups in total. The van der Waals surface area contributed by atoms with E-state index in [0.717, 1.165) is 18.4 Å². The zero-order chi connectivity index (χ0) is 9.14. The Morgan fingerprint density at radius 1 is 1.42 bits per heavy atom. The molecule has 0 bridgehead atoms. The summed E-state index contributed by atoms with van der Waals surface area (Å²) in [5.74, 6) is -0.275. The van der Waals surface area contributed by atoms with Gasteiger partial charge in [-0.2, -0.15) is 0 Å². The first-order chi connectivity index (χ1) is 5.66. The standard InChI is InChI=1S/C10H12ClF/c1-3-4-8-6-5-7(2)10(12)9(8)11/h5-6H,3-4H2,1-2H3. The molecular formula is C10H12ClF. The van der Waals surface area contributed by atoms with Crippen molar-refractivity contribution >= 4 is 11.6 Å². The van der Waals surface area contributed by atoms with Gasteiger partial charge in [-0.25, -0.2) is 4.39 Å². The smallest absolute Gasteiger partial charge is 0.144 e. The molecule has 0 nitrogen and oxygen atoms in total. The first-order valence-corrected chi connectivity index (χ1v) is 4.48. The van der Waals surface area contributed by atoms with Crippen LogP contribution in [0.15, 0.2) is 12.1 Å². The quantitative estimate of drug-likeness (QED) is 0.660. The molecule has 0 fully saturated rings. The van der Waals surface area contributed by atoms with Crippen molar-refractivity contribution in [3.63, 3.8) is 0 Å². The van der Waals surface area contributed by atoms with Crippen LogP contribution >= 0.6 is 11.6 Å². The van der Waals surface area contributed by atoms with E-state index >= 15 is 0 Å². The van der Waals surface area contributed by atoms with Crippen molar-refractivity contribution in [1.82, 2.24) is 0 Å². The number of hydrogen-bond donors (Lipinski definition) is 0. The van der Waals surface area contributed by atoms with Crippen molar-refractivity contribution in [1.29, 1.82) is 0 Å². The summed E-state index contributed by atoms with van der Waals surface area (Å²) < 4.78 is 13.2. The lowest BCUT2D eigenvalue weighted by Gasteiger charge is -2.04. The maximum absolute atomic E-state index is 13.2. The van der Waals surface area contributed by atoms with Gasteiger partial charge < -0.3 is 0 Å². The number of rotatable bonds is 2. The van der Waals surface area contributed by atoms with Crippen LogP contribution in [-0.2, 0) is 6.42 Å². The molecule has 2 heteroatoms. The van der Waals surface area contributed by atoms with Gasteiger partial charge in [0.15, 0.2) is 0 Å². The molecule has 0 aliphatic carbocycles. The van der Waals surface area contributed by atoms with Crippen LogP contribution < -0.4 is 0 Å². The second-order valence-corrected chi connectivity index (χ2v) is 3.30. The molecule has 0 aromatic heterocycles. The number of hydrogen-bond acceptors (Lipinski definition) is 0. The minimum Gasteiger partial charge on any atom is -0.205 e. The van der Waals surface area contributed by atoms with Crippen LogP contribution in [-0.4, -0.2) is 0 Å². The molecule has 1 aromatic carbocycles. The van der Waals surface area contributed by atoms with Crippen LogP contribution in [0.5, 0.6) is 0 Å². The summed E-state index contributed by atoms with van der Waals surface area (Å²) in [6.07, 6.45) is 1.83. The average Bonchev–Trinajstić information content (AvgIpc) is 2.07. The van der Waals surface area contributed by atoms with Crippen LogP contribution in [0.2, 0.25) is 5.02 Å². The summed E-state index contributed by atoms with van der Waals surface area (Å²) >= 11 is 5.80. The highest BCUT2D eigenvalue weighted by Crippen LogP contribution is 2.23. The van der Waals surface area contributed by atoms with E-state index in [9.17, 15) is 4.39 Å². The maximum Gasteiger partial charge on any atom is 0.144 e. The van der Waals surface area contributed by atoms with Gasteiger partial charge in [-0.15, -0.1) is 0 Å². The Hall–Kier alpha value is -0.560. The number of benzene rings is 1. The third-order valence-electron chi connectivity index (χ3n) is 1.87. The predicted octanol–water partition coefficient (Wildman–Crippen LogP) is 3.74. The molecule has 0 saturated carbocycles. The van der Waals surface area contributed by atoms with Gasteiger partial charge in [-0.3, -0.25) is 0 Å². The minimum absolute atomic E-state index is 0.275. The molecule has 12 heavy (non-hydrogen) atoms. The van der Waals surface area contributed by atoms with Gasteiger partial charge in [0.05, 0.1) is 5.02 Å². The topological polar surface area (TPSA) is 0 Å². The van der Waals surface area contributed by atoms with Crippen molar-refractivity contribution < 1.29 is 4.39 Å². The fraction of sp³-hybridized carbons (Fsp3) is 0.400. The molecule has 66 valence electrons. The highest BCUT2D eigenvalue weighted by molar-refractivity contribution is 6.31. The van der Waals surface area contributed by atoms with Crippen molar-refractivity contribution in [2.45, 2.75) is 26.7 Å². The van der Waals surface area contributed by atoms with Crippen molar-refractivity contribution in [2.24, 2.45) is 0 Å². The first kappa shape index (κ1) is 9.53. The van der Waals surface area contributed by atoms with Crippen molar-refractivity contribution in [2.75, 3.05) is 0 Å². The largest absolute Gasteiger partial charge is 0.205 e. The van der Waals surface area contributed by atoms with Crippen LogP contribution in [0.3, 0.4) is 0 Å². The second kappa shape index (κ2) is 3.90. The lowest BCUT2D eigenvalue weighted by atomic mass is 10.1. The van der Waals surface area contributed by atoms with E-state index in [1.54, 1.807) is 13.0 Å². The Kier molecular flexibility index (Phi) is 3.10. The molecule has 0 atom stereocenters. The normalized spacial score (nSPS) is 10.3. The van der Waals surface area contributed by atoms with E-state index in [0.29, 0.717) is 5.56 Å². The summed E-state index contributed by atoms with van der Waals surface area (Å²) in [5, 5.41) is 0.289. The maximum atomic E-state index is 13.2. The highest BCUT2D eigenvalue weighted by Gasteiger charge is 2.07. The lowest BCUT2D eigenvalue weighted by molar-refractivity contribution is 0.616. The van der Waals surface area contributed by atoms with E-state index in [2.05, 4.69) is 0 Å². The van der Waals surface area contributed by atoms with E-state index in [4.69, 9.17) is 11.6 Å². The molecule has 0 radical (unpaired) electrons. The molecular weight excluding hydrogens is 175 g/mol. The molecule has 1 rings (SSSR count). The van der Waals surface area contributed by atoms with E-state index in [1.807, 2.05) is 13.0 Å². The van der Waals surface area contributed by atoms with Crippen molar-refractivity contribution in [3.05, 3.63) is 34.1 Å². The van der Waals surface area contributed by atoms with E-state index in [1.165, 1.54) is 0 Å². The van der Waals surface area contributed by atoms with Gasteiger partial charge in [0.25, 0.3) is 0 Å². The van der Waals surface area contributed by atoms with Gasteiger partial charge in [0.1, 0.15) is 5.82 Å². The Labute approximate surface area is 77.4 Å². The fourth-order valence-electron chi connectivity index (χ4n) is 1.15. The molecule has 0 saturated heterocycles. The molecule has 0 aliphatic rings. The number of halogens is 2. The first-order valence-electron chi connectivity index (χ1n) is 4.10. The zero-order valence-electron chi connectivity index (χ0n) is 7.32. The van der Waals surface area contributed by atoms with Gasteiger partial charge in [-0.1, -0.05) is 37.1 Å². The summed E-state index contributed by atoms with van der Waals surface area (Å²) in [6.45, 7) is 3.77. The average molecular weight is 187 g/mol. The highest BCUT2D eigenvalue weighted by atomic mass is 35.5. The Bertz CT molecular complexity index is 281. The van der Waals surface area contributed by atoms with E-state index in [-0.39, 0.29) is 10.8 Å². The molecule has 1 aromatic rings. The van der Waals surface area contributed by atoms with Crippen molar-refractivity contribution in [3.8, 4) is 0 Å². The van der Waals surface area contributed by atoms with Crippen LogP contribution in [0.1, 0.15) is 24.5 Å². The summed E-state index contributed by atoms with van der Waals surface area (Å²) in [5.41, 5.74) is 1.52. The second-order valence-electron chi connectivity index (χ2n) is 2.92. The zero-order valence-corrected chi connectivity index (χ0v) is 8.08. The molecule has 0 aliphatic heterocycles. The minimum atomic E-state index is -0.275. The van der Waals surface area contributed by atoms with Gasteiger partial charge >= 0.3 is 0 Å². The van der Waals surface area contributed by atoms with Crippen LogP contribution in [0, 0.1) is 12.7 Å². The molecule has 0 spiro atoms. The molecule has 0 heterocycles. The Balaban J connectivity index is 3.08. The summed E-state index contributed by atoms with van der Waals surface area (Å²) in [6, 6.07) is 3.66. The fourth-order valence-corrected chi connectivity index (χ4v) is 1.45. The third kappa shape index (κ3) is 1.78. The van der Waals surface area contributed by atoms with Crippen LogP contribution in [0.4, 0.5) is 4.39 Å². The summed E-state index contributed by atoms with van der Waals surface area (Å²) in [4.78, 5) is 0. The molecule has 0 amide bonds. The lowest BCUT2D eigenvalue weighted by Crippen LogP contribution is -1.91. The predicted molar refractivity (Wildman–Crippen MR) is 50.1 cm³/mol. The van der Waals surface area contributed by atoms with E-state index < -0.39 is 0 Å². The van der Waals surface area contributed by atoms with Gasteiger partial charge in [-0.05, 0) is 24.5 Å². The van der Waals surface area contributed by atoms with Gasteiger partial charge in [0, 0.05) is 0 Å². The third-order valence-corrected chi connectivity index (χ3v) is 2.28.